The van der Waals surface area contributed by atoms with Crippen molar-refractivity contribution in [3.8, 4) is 17.2 Å². The quantitative estimate of drug-likeness (QED) is 0.308. The molecule has 39 heavy (non-hydrogen) atoms. The standard InChI is InChI=1S/C33H34N2O4/c1-38-31-20-29-26(18-32(31)39-22-35-13-5-8-25-9-10-28(36)19-30(25)35)17-27(33(29)37)16-23-11-14-34(15-12-23)21-24-6-3-2-4-7-24/h2-10,13,18-20,23,27H,11-12,14-17,21-22H2,1H3/p+1. The minimum Gasteiger partial charge on any atom is -0.508 e. The molecule has 0 radical (unpaired) electrons. The summed E-state index contributed by atoms with van der Waals surface area (Å²) < 4.78 is 13.8. The van der Waals surface area contributed by atoms with Gasteiger partial charge in [-0.2, -0.15) is 4.57 Å². The predicted molar refractivity (Wildman–Crippen MR) is 150 cm³/mol. The normalized spacial score (nSPS) is 17.9. The van der Waals surface area contributed by atoms with E-state index in [9.17, 15) is 9.90 Å². The molecule has 200 valence electrons. The molecule has 1 aliphatic carbocycles. The Labute approximate surface area is 229 Å². The number of fused-ring (bicyclic) bond motifs is 2. The summed E-state index contributed by atoms with van der Waals surface area (Å²) in [7, 11) is 1.61. The van der Waals surface area contributed by atoms with Gasteiger partial charge in [0.2, 0.25) is 5.52 Å². The van der Waals surface area contributed by atoms with Crippen molar-refractivity contribution in [2.24, 2.45) is 11.8 Å². The number of rotatable bonds is 8. The molecule has 6 heteroatoms. The average Bonchev–Trinajstić information content (AvgIpc) is 3.26. The zero-order valence-corrected chi connectivity index (χ0v) is 22.4. The van der Waals surface area contributed by atoms with Crippen molar-refractivity contribution in [3.63, 3.8) is 0 Å². The first-order valence-electron chi connectivity index (χ1n) is 13.8. The number of aromatic nitrogens is 1. The molecule has 1 unspecified atom stereocenters. The van der Waals surface area contributed by atoms with E-state index in [-0.39, 0.29) is 24.2 Å². The van der Waals surface area contributed by atoms with E-state index in [0.29, 0.717) is 17.4 Å². The molecule has 0 saturated carbocycles. The Morgan fingerprint density at radius 2 is 1.79 bits per heavy atom. The third kappa shape index (κ3) is 5.48. The summed E-state index contributed by atoms with van der Waals surface area (Å²) in [5.41, 5.74) is 4.06. The predicted octanol–water partition coefficient (Wildman–Crippen LogP) is 5.54. The Balaban J connectivity index is 1.10. The zero-order chi connectivity index (χ0) is 26.8. The van der Waals surface area contributed by atoms with Crippen molar-refractivity contribution < 1.29 is 23.9 Å². The van der Waals surface area contributed by atoms with Crippen LogP contribution >= 0.6 is 0 Å². The van der Waals surface area contributed by atoms with Crippen LogP contribution in [0.15, 0.2) is 79.0 Å². The van der Waals surface area contributed by atoms with Crippen molar-refractivity contribution >= 4 is 16.7 Å². The Hall–Kier alpha value is -3.90. The third-order valence-corrected chi connectivity index (χ3v) is 8.29. The number of aromatic hydroxyl groups is 1. The van der Waals surface area contributed by atoms with Gasteiger partial charge < -0.3 is 14.6 Å². The van der Waals surface area contributed by atoms with Crippen molar-refractivity contribution in [3.05, 3.63) is 95.7 Å². The molecule has 0 amide bonds. The fourth-order valence-corrected chi connectivity index (χ4v) is 6.17. The number of hydrogen-bond acceptors (Lipinski definition) is 5. The first kappa shape index (κ1) is 25.4. The fourth-order valence-electron chi connectivity index (χ4n) is 6.17. The number of phenolic OH excluding ortho intramolecular Hbond substituents is 1. The number of carbonyl (C=O) groups is 1. The highest BCUT2D eigenvalue weighted by molar-refractivity contribution is 6.02. The average molecular weight is 524 g/mol. The van der Waals surface area contributed by atoms with Gasteiger partial charge in [-0.1, -0.05) is 30.3 Å². The number of piperidine rings is 1. The number of phenols is 1. The highest BCUT2D eigenvalue weighted by Crippen LogP contribution is 2.40. The number of ether oxygens (including phenoxy) is 2. The van der Waals surface area contributed by atoms with Crippen LogP contribution in [0.3, 0.4) is 0 Å². The van der Waals surface area contributed by atoms with Crippen LogP contribution in [0.5, 0.6) is 17.2 Å². The maximum atomic E-state index is 13.4. The van der Waals surface area contributed by atoms with E-state index in [2.05, 4.69) is 35.2 Å². The molecule has 2 aliphatic rings. The van der Waals surface area contributed by atoms with E-state index >= 15 is 0 Å². The summed E-state index contributed by atoms with van der Waals surface area (Å²) in [6.07, 6.45) is 5.91. The number of ketones is 1. The highest BCUT2D eigenvalue weighted by atomic mass is 16.5. The molecule has 6 nitrogen and oxygen atoms in total. The Morgan fingerprint density at radius 1 is 0.974 bits per heavy atom. The maximum Gasteiger partial charge on any atom is 0.292 e. The van der Waals surface area contributed by atoms with Crippen molar-refractivity contribution in [1.82, 2.24) is 4.90 Å². The molecule has 1 saturated heterocycles. The molecule has 1 fully saturated rings. The molecule has 1 atom stereocenters. The van der Waals surface area contributed by atoms with Gasteiger partial charge in [0.05, 0.1) is 13.2 Å². The van der Waals surface area contributed by atoms with Crippen molar-refractivity contribution in [2.45, 2.75) is 39.0 Å². The second kappa shape index (κ2) is 11.1. The Bertz CT molecular complexity index is 1480. The molecule has 2 heterocycles. The number of Topliss-reactive ketones (excluding diaryl/α,β-unsaturated/α-hetero) is 1. The van der Waals surface area contributed by atoms with E-state index < -0.39 is 0 Å². The van der Waals surface area contributed by atoms with Crippen LogP contribution in [0.4, 0.5) is 0 Å². The van der Waals surface area contributed by atoms with Gasteiger partial charge in [0.15, 0.2) is 23.5 Å². The highest BCUT2D eigenvalue weighted by Gasteiger charge is 2.34. The molecule has 0 bridgehead atoms. The molecule has 3 aromatic carbocycles. The summed E-state index contributed by atoms with van der Waals surface area (Å²) >= 11 is 0. The van der Waals surface area contributed by atoms with Crippen LogP contribution in [-0.2, 0) is 19.7 Å². The summed E-state index contributed by atoms with van der Waals surface area (Å²) in [4.78, 5) is 15.9. The summed E-state index contributed by atoms with van der Waals surface area (Å²) in [6.45, 7) is 3.43. The minimum absolute atomic E-state index is 0.0287. The van der Waals surface area contributed by atoms with Crippen molar-refractivity contribution in [2.75, 3.05) is 20.2 Å². The lowest BCUT2D eigenvalue weighted by atomic mass is 9.85. The van der Waals surface area contributed by atoms with Gasteiger partial charge >= 0.3 is 0 Å². The number of methoxy groups -OCH3 is 1. The second-order valence-electron chi connectivity index (χ2n) is 10.9. The number of benzene rings is 3. The second-order valence-corrected chi connectivity index (χ2v) is 10.9. The summed E-state index contributed by atoms with van der Waals surface area (Å²) in [6, 6.07) is 23.7. The monoisotopic (exact) mass is 523 g/mol. The largest absolute Gasteiger partial charge is 0.508 e. The van der Waals surface area contributed by atoms with E-state index in [1.54, 1.807) is 19.2 Å². The number of nitrogens with zero attached hydrogens (tertiary/aromatic N) is 2. The van der Waals surface area contributed by atoms with E-state index in [4.69, 9.17) is 9.47 Å². The van der Waals surface area contributed by atoms with Gasteiger partial charge in [-0.15, -0.1) is 0 Å². The first-order chi connectivity index (χ1) is 19.1. The summed E-state index contributed by atoms with van der Waals surface area (Å²) in [5, 5.41) is 11.0. The zero-order valence-electron chi connectivity index (χ0n) is 22.4. The van der Waals surface area contributed by atoms with Crippen LogP contribution in [0.1, 0.15) is 40.7 Å². The van der Waals surface area contributed by atoms with Crippen LogP contribution < -0.4 is 14.0 Å². The Kier molecular flexibility index (Phi) is 7.20. The lowest BCUT2D eigenvalue weighted by Gasteiger charge is -2.32. The van der Waals surface area contributed by atoms with Gasteiger partial charge in [0.1, 0.15) is 5.75 Å². The maximum absolute atomic E-state index is 13.4. The first-order valence-corrected chi connectivity index (χ1v) is 13.8. The molecule has 4 aromatic rings. The van der Waals surface area contributed by atoms with Crippen LogP contribution in [0, 0.1) is 11.8 Å². The lowest BCUT2D eigenvalue weighted by Crippen LogP contribution is -2.37. The molecule has 1 aromatic heterocycles. The van der Waals surface area contributed by atoms with E-state index in [1.165, 1.54) is 5.56 Å². The van der Waals surface area contributed by atoms with E-state index in [0.717, 1.165) is 67.3 Å². The van der Waals surface area contributed by atoms with Gasteiger partial charge in [-0.05, 0) is 86.1 Å². The molecule has 1 aliphatic heterocycles. The number of pyridine rings is 1. The summed E-state index contributed by atoms with van der Waals surface area (Å²) in [5.74, 6) is 2.26. The SMILES string of the molecule is COc1cc2c(cc1OC[n+]1cccc3ccc(O)cc31)CC(CC1CCN(Cc3ccccc3)CC1)C2=O. The van der Waals surface area contributed by atoms with Gasteiger partial charge in [-0.25, -0.2) is 0 Å². The fraction of sp³-hybridized carbons (Fsp3) is 0.333. The minimum atomic E-state index is 0.0287. The van der Waals surface area contributed by atoms with Crippen molar-refractivity contribution in [1.29, 1.82) is 0 Å². The smallest absolute Gasteiger partial charge is 0.292 e. The molecule has 1 N–H and O–H groups in total. The molecular formula is C33H35N2O4+. The van der Waals surface area contributed by atoms with Gasteiger partial charge in [-0.3, -0.25) is 9.69 Å². The van der Waals surface area contributed by atoms with Crippen LogP contribution in [-0.4, -0.2) is 36.0 Å². The Morgan fingerprint density at radius 3 is 2.59 bits per heavy atom. The number of likely N-dealkylation sites (tertiary alicyclic amines) is 1. The number of carbonyl (C=O) groups excluding carboxylic acids is 1. The van der Waals surface area contributed by atoms with Crippen LogP contribution in [0.2, 0.25) is 0 Å². The van der Waals surface area contributed by atoms with Crippen LogP contribution in [0.25, 0.3) is 10.9 Å². The molecular weight excluding hydrogens is 488 g/mol. The number of hydrogen-bond donors (Lipinski definition) is 1. The topological polar surface area (TPSA) is 62.9 Å². The van der Waals surface area contributed by atoms with E-state index in [1.807, 2.05) is 41.1 Å². The third-order valence-electron chi connectivity index (χ3n) is 8.29. The molecule has 0 spiro atoms. The molecule has 6 rings (SSSR count). The van der Waals surface area contributed by atoms with Gasteiger partial charge in [0.25, 0.3) is 6.73 Å². The van der Waals surface area contributed by atoms with Gasteiger partial charge in [0, 0.05) is 29.5 Å². The lowest BCUT2D eigenvalue weighted by molar-refractivity contribution is -0.700.